The van der Waals surface area contributed by atoms with Crippen LogP contribution in [0.3, 0.4) is 0 Å². The molecule has 2 nitrogen and oxygen atoms in total. The van der Waals surface area contributed by atoms with Gasteiger partial charge in [0.2, 0.25) is 0 Å². The van der Waals surface area contributed by atoms with Crippen LogP contribution in [-0.4, -0.2) is 12.9 Å². The number of fused-ring (bicyclic) bond motifs is 1. The molecular weight excluding hydrogens is 273 g/mol. The van der Waals surface area contributed by atoms with E-state index in [4.69, 9.17) is 4.74 Å². The van der Waals surface area contributed by atoms with Crippen molar-refractivity contribution in [2.45, 2.75) is 17.4 Å². The highest BCUT2D eigenvalue weighted by atomic mass is 32.2. The number of benzene rings is 2. The van der Waals surface area contributed by atoms with Gasteiger partial charge in [-0.2, -0.15) is 0 Å². The highest BCUT2D eigenvalue weighted by Crippen LogP contribution is 2.40. The Morgan fingerprint density at radius 3 is 2.90 bits per heavy atom. The zero-order valence-electron chi connectivity index (χ0n) is 11.2. The van der Waals surface area contributed by atoms with Crippen molar-refractivity contribution in [1.82, 2.24) is 0 Å². The molecule has 20 heavy (non-hydrogen) atoms. The summed E-state index contributed by atoms with van der Waals surface area (Å²) in [5.74, 6) is 1.60. The third-order valence-corrected chi connectivity index (χ3v) is 4.62. The highest BCUT2D eigenvalue weighted by Gasteiger charge is 2.23. The number of hydrogen-bond donors (Lipinski definition) is 1. The molecule has 1 heterocycles. The van der Waals surface area contributed by atoms with Gasteiger partial charge < -0.3 is 10.1 Å². The first-order valence-corrected chi connectivity index (χ1v) is 7.59. The van der Waals surface area contributed by atoms with E-state index in [1.54, 1.807) is 24.9 Å². The van der Waals surface area contributed by atoms with Crippen LogP contribution < -0.4 is 10.1 Å². The molecular formula is C16H16FNOS. The molecule has 1 N–H and O–H groups in total. The Labute approximate surface area is 122 Å². The predicted octanol–water partition coefficient (Wildman–Crippen LogP) is 4.48. The minimum Gasteiger partial charge on any atom is -0.495 e. The molecule has 3 rings (SSSR count). The van der Waals surface area contributed by atoms with Crippen LogP contribution in [0.15, 0.2) is 47.4 Å². The van der Waals surface area contributed by atoms with Crippen molar-refractivity contribution in [3.63, 3.8) is 0 Å². The second-order valence-corrected chi connectivity index (χ2v) is 5.80. The van der Waals surface area contributed by atoms with Crippen molar-refractivity contribution in [1.29, 1.82) is 0 Å². The summed E-state index contributed by atoms with van der Waals surface area (Å²) < 4.78 is 19.2. The summed E-state index contributed by atoms with van der Waals surface area (Å²) in [7, 11) is 1.66. The largest absolute Gasteiger partial charge is 0.495 e. The molecule has 1 aliphatic heterocycles. The lowest BCUT2D eigenvalue weighted by Gasteiger charge is -2.27. The van der Waals surface area contributed by atoms with Crippen LogP contribution in [0.1, 0.15) is 18.0 Å². The smallest absolute Gasteiger partial charge is 0.141 e. The van der Waals surface area contributed by atoms with Gasteiger partial charge >= 0.3 is 0 Å². The van der Waals surface area contributed by atoms with Crippen molar-refractivity contribution < 1.29 is 9.13 Å². The first-order chi connectivity index (χ1) is 9.79. The van der Waals surface area contributed by atoms with Gasteiger partial charge in [0, 0.05) is 10.6 Å². The van der Waals surface area contributed by atoms with Crippen molar-refractivity contribution in [2.24, 2.45) is 0 Å². The van der Waals surface area contributed by atoms with Crippen LogP contribution in [-0.2, 0) is 0 Å². The van der Waals surface area contributed by atoms with Crippen molar-refractivity contribution in [2.75, 3.05) is 18.2 Å². The van der Waals surface area contributed by atoms with E-state index in [1.807, 2.05) is 30.3 Å². The molecule has 2 aromatic carbocycles. The molecule has 1 unspecified atom stereocenters. The standard InChI is InChI=1S/C16H16FNOS/c1-19-15-8-3-2-7-14(15)18-13-9-10-20-16-11(13)5-4-6-12(16)17/h2-8,13,18H,9-10H2,1H3. The number of anilines is 1. The predicted molar refractivity (Wildman–Crippen MR) is 81.1 cm³/mol. The maximum Gasteiger partial charge on any atom is 0.141 e. The van der Waals surface area contributed by atoms with Gasteiger partial charge in [-0.1, -0.05) is 24.3 Å². The van der Waals surface area contributed by atoms with Gasteiger partial charge in [-0.3, -0.25) is 0 Å². The van der Waals surface area contributed by atoms with Gasteiger partial charge in [0.05, 0.1) is 18.8 Å². The van der Waals surface area contributed by atoms with Crippen LogP contribution >= 0.6 is 11.8 Å². The summed E-state index contributed by atoms with van der Waals surface area (Å²) >= 11 is 1.59. The molecule has 0 saturated carbocycles. The minimum absolute atomic E-state index is 0.123. The van der Waals surface area contributed by atoms with Gasteiger partial charge in [0.1, 0.15) is 11.6 Å². The lowest BCUT2D eigenvalue weighted by atomic mass is 10.0. The van der Waals surface area contributed by atoms with E-state index >= 15 is 0 Å². The second kappa shape index (κ2) is 5.75. The number of ether oxygens (including phenoxy) is 1. The first-order valence-electron chi connectivity index (χ1n) is 6.60. The number of thioether (sulfide) groups is 1. The Morgan fingerprint density at radius 2 is 2.05 bits per heavy atom. The van der Waals surface area contributed by atoms with E-state index in [-0.39, 0.29) is 11.9 Å². The summed E-state index contributed by atoms with van der Waals surface area (Å²) in [6.45, 7) is 0. The number of methoxy groups -OCH3 is 1. The lowest BCUT2D eigenvalue weighted by molar-refractivity contribution is 0.416. The third kappa shape index (κ3) is 2.48. The van der Waals surface area contributed by atoms with Gasteiger partial charge in [-0.05, 0) is 30.2 Å². The Balaban J connectivity index is 1.92. The molecule has 104 valence electrons. The number of rotatable bonds is 3. The number of nitrogens with one attached hydrogen (secondary N) is 1. The maximum absolute atomic E-state index is 13.9. The molecule has 0 saturated heterocycles. The fraction of sp³-hybridized carbons (Fsp3) is 0.250. The highest BCUT2D eigenvalue weighted by molar-refractivity contribution is 7.99. The third-order valence-electron chi connectivity index (χ3n) is 3.46. The van der Waals surface area contributed by atoms with Crippen molar-refractivity contribution in [3.05, 3.63) is 53.8 Å². The summed E-state index contributed by atoms with van der Waals surface area (Å²) in [6, 6.07) is 13.2. The first kappa shape index (κ1) is 13.3. The number of hydrogen-bond acceptors (Lipinski definition) is 3. The summed E-state index contributed by atoms with van der Waals surface area (Å²) in [4.78, 5) is 0.770. The average Bonchev–Trinajstić information content (AvgIpc) is 2.49. The number of halogens is 1. The quantitative estimate of drug-likeness (QED) is 0.900. The SMILES string of the molecule is COc1ccccc1NC1CCSc2c(F)cccc21. The fourth-order valence-corrected chi connectivity index (χ4v) is 3.63. The van der Waals surface area contributed by atoms with Crippen LogP contribution in [0.2, 0.25) is 0 Å². The number of para-hydroxylation sites is 2. The van der Waals surface area contributed by atoms with Crippen LogP contribution in [0, 0.1) is 5.82 Å². The monoisotopic (exact) mass is 289 g/mol. The molecule has 0 spiro atoms. The van der Waals surface area contributed by atoms with Gasteiger partial charge in [0.15, 0.2) is 0 Å². The van der Waals surface area contributed by atoms with E-state index in [9.17, 15) is 4.39 Å². The molecule has 1 atom stereocenters. The van der Waals surface area contributed by atoms with E-state index < -0.39 is 0 Å². The topological polar surface area (TPSA) is 21.3 Å². The van der Waals surface area contributed by atoms with Crippen LogP contribution in [0.4, 0.5) is 10.1 Å². The molecule has 0 amide bonds. The zero-order chi connectivity index (χ0) is 13.9. The Kier molecular flexibility index (Phi) is 3.83. The Morgan fingerprint density at radius 1 is 1.20 bits per heavy atom. The van der Waals surface area contributed by atoms with Crippen LogP contribution in [0.25, 0.3) is 0 Å². The van der Waals surface area contributed by atoms with E-state index in [2.05, 4.69) is 5.32 Å². The van der Waals surface area contributed by atoms with E-state index in [1.165, 1.54) is 6.07 Å². The average molecular weight is 289 g/mol. The summed E-state index contributed by atoms with van der Waals surface area (Å²) in [5.41, 5.74) is 1.98. The molecule has 1 aliphatic rings. The van der Waals surface area contributed by atoms with Crippen LogP contribution in [0.5, 0.6) is 5.75 Å². The normalized spacial score (nSPS) is 17.4. The van der Waals surface area contributed by atoms with Gasteiger partial charge in [-0.25, -0.2) is 4.39 Å². The lowest BCUT2D eigenvalue weighted by Crippen LogP contribution is -2.17. The maximum atomic E-state index is 13.9. The van der Waals surface area contributed by atoms with Gasteiger partial charge in [-0.15, -0.1) is 11.8 Å². The summed E-state index contributed by atoms with van der Waals surface area (Å²) in [6.07, 6.45) is 0.971. The molecule has 2 aromatic rings. The van der Waals surface area contributed by atoms with E-state index in [0.29, 0.717) is 0 Å². The molecule has 0 fully saturated rings. The second-order valence-electron chi connectivity index (χ2n) is 4.69. The molecule has 0 aromatic heterocycles. The zero-order valence-corrected chi connectivity index (χ0v) is 12.0. The Hall–Kier alpha value is -1.68. The van der Waals surface area contributed by atoms with Gasteiger partial charge in [0.25, 0.3) is 0 Å². The van der Waals surface area contributed by atoms with E-state index in [0.717, 1.165) is 34.1 Å². The molecule has 0 bridgehead atoms. The molecule has 0 radical (unpaired) electrons. The molecule has 0 aliphatic carbocycles. The summed E-state index contributed by atoms with van der Waals surface area (Å²) in [5, 5.41) is 3.48. The fourth-order valence-electron chi connectivity index (χ4n) is 2.49. The Bertz CT molecular complexity index is 617. The van der Waals surface area contributed by atoms with Crippen molar-refractivity contribution >= 4 is 17.4 Å². The van der Waals surface area contributed by atoms with Crippen molar-refractivity contribution in [3.8, 4) is 5.75 Å². The molecule has 4 heteroatoms. The minimum atomic E-state index is -0.126.